The first-order valence-corrected chi connectivity index (χ1v) is 8.74. The lowest BCUT2D eigenvalue weighted by Crippen LogP contribution is -2.35. The minimum absolute atomic E-state index is 0.628. The third-order valence-corrected chi connectivity index (χ3v) is 4.74. The second kappa shape index (κ2) is 7.92. The Morgan fingerprint density at radius 3 is 2.71 bits per heavy atom. The molecule has 0 unspecified atom stereocenters. The molecule has 3 rings (SSSR count). The van der Waals surface area contributed by atoms with Crippen LogP contribution in [-0.2, 0) is 4.74 Å². The predicted molar refractivity (Wildman–Crippen MR) is 84.6 cm³/mol. The molecule has 0 atom stereocenters. The van der Waals surface area contributed by atoms with E-state index in [-0.39, 0.29) is 0 Å². The molecule has 2 heterocycles. The van der Waals surface area contributed by atoms with E-state index in [2.05, 4.69) is 17.4 Å². The number of thioether (sulfide) groups is 1. The summed E-state index contributed by atoms with van der Waals surface area (Å²) in [5, 5.41) is 3.61. The molecule has 5 heteroatoms. The molecular formula is C16H23NO3S. The van der Waals surface area contributed by atoms with Crippen LogP contribution in [0.2, 0.25) is 0 Å². The molecule has 0 aromatic heterocycles. The van der Waals surface area contributed by atoms with Crippen molar-refractivity contribution < 1.29 is 14.2 Å². The van der Waals surface area contributed by atoms with Crippen LogP contribution in [0.25, 0.3) is 0 Å². The van der Waals surface area contributed by atoms with Crippen molar-refractivity contribution in [3.63, 3.8) is 0 Å². The second-order valence-corrected chi connectivity index (χ2v) is 6.52. The van der Waals surface area contributed by atoms with Gasteiger partial charge in [-0.3, -0.25) is 0 Å². The van der Waals surface area contributed by atoms with Crippen molar-refractivity contribution in [2.45, 2.75) is 30.2 Å². The van der Waals surface area contributed by atoms with E-state index < -0.39 is 0 Å². The third kappa shape index (κ3) is 4.53. The number of ether oxygens (including phenoxy) is 3. The molecule has 116 valence electrons. The molecule has 4 nitrogen and oxygen atoms in total. The summed E-state index contributed by atoms with van der Waals surface area (Å²) < 4.78 is 16.7. The highest BCUT2D eigenvalue weighted by Crippen LogP contribution is 2.33. The van der Waals surface area contributed by atoms with E-state index >= 15 is 0 Å². The molecule has 2 aliphatic heterocycles. The van der Waals surface area contributed by atoms with Gasteiger partial charge in [0.2, 0.25) is 0 Å². The quantitative estimate of drug-likeness (QED) is 0.669. The van der Waals surface area contributed by atoms with Crippen LogP contribution in [0.3, 0.4) is 0 Å². The summed E-state index contributed by atoms with van der Waals surface area (Å²) in [7, 11) is 0. The van der Waals surface area contributed by atoms with E-state index in [1.54, 1.807) is 0 Å². The van der Waals surface area contributed by atoms with Crippen molar-refractivity contribution in [1.82, 2.24) is 5.32 Å². The third-order valence-electron chi connectivity index (χ3n) is 3.74. The molecule has 2 aliphatic rings. The standard InChI is InChI=1S/C16H23NO3S/c1-7-19-15-3-2-14(12-16(15)20-8-1)21-11-6-17-13-4-9-18-10-5-13/h2-3,12-13,17H,1,4-11H2. The monoisotopic (exact) mass is 309 g/mol. The molecule has 0 aliphatic carbocycles. The highest BCUT2D eigenvalue weighted by molar-refractivity contribution is 7.99. The maximum absolute atomic E-state index is 5.72. The van der Waals surface area contributed by atoms with Gasteiger partial charge in [0.05, 0.1) is 13.2 Å². The minimum Gasteiger partial charge on any atom is -0.490 e. The van der Waals surface area contributed by atoms with Gasteiger partial charge in [-0.1, -0.05) is 0 Å². The molecule has 1 N–H and O–H groups in total. The van der Waals surface area contributed by atoms with Crippen molar-refractivity contribution in [1.29, 1.82) is 0 Å². The van der Waals surface area contributed by atoms with E-state index in [0.29, 0.717) is 6.04 Å². The lowest BCUT2D eigenvalue weighted by atomic mass is 10.1. The molecule has 0 saturated carbocycles. The summed E-state index contributed by atoms with van der Waals surface area (Å²) in [6, 6.07) is 6.87. The summed E-state index contributed by atoms with van der Waals surface area (Å²) in [5.41, 5.74) is 0. The van der Waals surface area contributed by atoms with E-state index in [1.807, 2.05) is 17.8 Å². The average molecular weight is 309 g/mol. The molecule has 1 fully saturated rings. The predicted octanol–water partition coefficient (Wildman–Crippen LogP) is 2.71. The Hall–Kier alpha value is -0.910. The van der Waals surface area contributed by atoms with E-state index in [0.717, 1.165) is 69.5 Å². The van der Waals surface area contributed by atoms with Crippen LogP contribution in [0.1, 0.15) is 19.3 Å². The number of benzene rings is 1. The molecular weight excluding hydrogens is 286 g/mol. The van der Waals surface area contributed by atoms with Crippen LogP contribution in [0, 0.1) is 0 Å². The lowest BCUT2D eigenvalue weighted by molar-refractivity contribution is 0.0786. The van der Waals surface area contributed by atoms with E-state index in [1.165, 1.54) is 4.90 Å². The molecule has 0 radical (unpaired) electrons. The number of fused-ring (bicyclic) bond motifs is 1. The summed E-state index contributed by atoms with van der Waals surface area (Å²) in [4.78, 5) is 1.24. The van der Waals surface area contributed by atoms with Gasteiger partial charge >= 0.3 is 0 Å². The smallest absolute Gasteiger partial charge is 0.162 e. The fourth-order valence-electron chi connectivity index (χ4n) is 2.57. The zero-order chi connectivity index (χ0) is 14.3. The van der Waals surface area contributed by atoms with Crippen LogP contribution in [0.4, 0.5) is 0 Å². The van der Waals surface area contributed by atoms with Crippen molar-refractivity contribution in [2.75, 3.05) is 38.7 Å². The largest absolute Gasteiger partial charge is 0.490 e. The van der Waals surface area contributed by atoms with Crippen LogP contribution in [-0.4, -0.2) is 44.8 Å². The molecule has 1 aromatic rings. The van der Waals surface area contributed by atoms with Gasteiger partial charge in [0.15, 0.2) is 11.5 Å². The normalized spacial score (nSPS) is 19.2. The van der Waals surface area contributed by atoms with Crippen LogP contribution < -0.4 is 14.8 Å². The number of nitrogens with one attached hydrogen (secondary N) is 1. The fourth-order valence-corrected chi connectivity index (χ4v) is 3.38. The lowest BCUT2D eigenvalue weighted by Gasteiger charge is -2.23. The SMILES string of the molecule is c1cc2c(cc1SCCNC1CCOCC1)OCCCO2. The van der Waals surface area contributed by atoms with Crippen LogP contribution in [0.5, 0.6) is 11.5 Å². The Bertz CT molecular complexity index is 449. The van der Waals surface area contributed by atoms with Crippen LogP contribution >= 0.6 is 11.8 Å². The van der Waals surface area contributed by atoms with Gasteiger partial charge in [0, 0.05) is 42.9 Å². The van der Waals surface area contributed by atoms with E-state index in [9.17, 15) is 0 Å². The van der Waals surface area contributed by atoms with Gasteiger partial charge in [-0.05, 0) is 31.0 Å². The highest BCUT2D eigenvalue weighted by Gasteiger charge is 2.13. The highest BCUT2D eigenvalue weighted by atomic mass is 32.2. The molecule has 0 spiro atoms. The van der Waals surface area contributed by atoms with Gasteiger partial charge in [0.1, 0.15) is 0 Å². The zero-order valence-corrected chi connectivity index (χ0v) is 13.1. The van der Waals surface area contributed by atoms with Crippen molar-refractivity contribution >= 4 is 11.8 Å². The molecule has 1 aromatic carbocycles. The van der Waals surface area contributed by atoms with Gasteiger partial charge in [-0.25, -0.2) is 0 Å². The van der Waals surface area contributed by atoms with Gasteiger partial charge in [0.25, 0.3) is 0 Å². The Labute approximate surface area is 130 Å². The first-order chi connectivity index (χ1) is 10.4. The van der Waals surface area contributed by atoms with Gasteiger partial charge in [-0.2, -0.15) is 0 Å². The van der Waals surface area contributed by atoms with Crippen molar-refractivity contribution in [2.24, 2.45) is 0 Å². The second-order valence-electron chi connectivity index (χ2n) is 5.35. The Kier molecular flexibility index (Phi) is 5.66. The molecule has 21 heavy (non-hydrogen) atoms. The molecule has 0 amide bonds. The first kappa shape index (κ1) is 15.0. The summed E-state index contributed by atoms with van der Waals surface area (Å²) in [6.45, 7) is 4.31. The average Bonchev–Trinajstić information content (AvgIpc) is 2.77. The van der Waals surface area contributed by atoms with E-state index in [4.69, 9.17) is 14.2 Å². The zero-order valence-electron chi connectivity index (χ0n) is 12.3. The van der Waals surface area contributed by atoms with Crippen molar-refractivity contribution in [3.8, 4) is 11.5 Å². The Morgan fingerprint density at radius 2 is 1.86 bits per heavy atom. The Morgan fingerprint density at radius 1 is 1.05 bits per heavy atom. The number of hydrogen-bond donors (Lipinski definition) is 1. The fraction of sp³-hybridized carbons (Fsp3) is 0.625. The first-order valence-electron chi connectivity index (χ1n) is 7.75. The summed E-state index contributed by atoms with van der Waals surface area (Å²) in [6.07, 6.45) is 3.22. The Balaban J connectivity index is 1.43. The molecule has 1 saturated heterocycles. The van der Waals surface area contributed by atoms with Crippen LogP contribution in [0.15, 0.2) is 23.1 Å². The maximum Gasteiger partial charge on any atom is 0.162 e. The summed E-state index contributed by atoms with van der Waals surface area (Å²) in [5.74, 6) is 2.82. The number of rotatable bonds is 5. The number of hydrogen-bond acceptors (Lipinski definition) is 5. The summed E-state index contributed by atoms with van der Waals surface area (Å²) >= 11 is 1.86. The van der Waals surface area contributed by atoms with Gasteiger partial charge < -0.3 is 19.5 Å². The topological polar surface area (TPSA) is 39.7 Å². The van der Waals surface area contributed by atoms with Crippen molar-refractivity contribution in [3.05, 3.63) is 18.2 Å². The minimum atomic E-state index is 0.628. The molecule has 0 bridgehead atoms. The van der Waals surface area contributed by atoms with Gasteiger partial charge in [-0.15, -0.1) is 11.8 Å². The maximum atomic E-state index is 5.72.